The summed E-state index contributed by atoms with van der Waals surface area (Å²) in [4.78, 5) is 18.8. The minimum absolute atomic E-state index is 0.0333. The zero-order valence-electron chi connectivity index (χ0n) is 26.0. The van der Waals surface area contributed by atoms with Crippen LogP contribution in [-0.2, 0) is 17.8 Å². The molecule has 47 heavy (non-hydrogen) atoms. The average Bonchev–Trinajstić information content (AvgIpc) is 3.80. The van der Waals surface area contributed by atoms with Crippen molar-refractivity contribution in [3.63, 3.8) is 0 Å². The van der Waals surface area contributed by atoms with Crippen molar-refractivity contribution >= 4 is 63.6 Å². The lowest BCUT2D eigenvalue weighted by Crippen LogP contribution is -2.60. The number of ether oxygens (including phenoxy) is 1. The number of anilines is 1. The monoisotopic (exact) mass is 714 g/mol. The van der Waals surface area contributed by atoms with Crippen molar-refractivity contribution < 1.29 is 14.6 Å². The molecule has 0 aromatic heterocycles. The summed E-state index contributed by atoms with van der Waals surface area (Å²) in [6.45, 7) is 3.60. The maximum Gasteiger partial charge on any atom is 0.252 e. The van der Waals surface area contributed by atoms with E-state index >= 15 is 0 Å². The molecule has 2 bridgehead atoms. The Kier molecular flexibility index (Phi) is 9.95. The summed E-state index contributed by atoms with van der Waals surface area (Å²) in [5.74, 6) is 0.564. The summed E-state index contributed by atoms with van der Waals surface area (Å²) in [6, 6.07) is 18.3. The highest BCUT2D eigenvalue weighted by molar-refractivity contribution is 6.42. The standard InChI is InChI=1S/C36H38Cl4N4O3/c37-29-3-1-2-23(34(29)40)19-44(26-8-9-26)36(46)33-28(16-24-17-41-18-32(33)42-24)22-4-6-25(7-5-22)43-12-10-27(20-43)47-35-30(38)14-21(11-13-45)15-31(35)39/h1-7,14-15,24,26-27,32,41-42,45H,8-13,16-20H2/t24-,27-,32-/m1/s1. The molecule has 3 aliphatic heterocycles. The van der Waals surface area contributed by atoms with Crippen LogP contribution < -0.4 is 20.3 Å². The number of hydrogen-bond donors (Lipinski definition) is 3. The molecule has 3 N–H and O–H groups in total. The maximum atomic E-state index is 14.5. The lowest BCUT2D eigenvalue weighted by molar-refractivity contribution is -0.128. The van der Waals surface area contributed by atoms with Gasteiger partial charge in [0.2, 0.25) is 0 Å². The van der Waals surface area contributed by atoms with Gasteiger partial charge in [0.05, 0.1) is 32.7 Å². The molecule has 3 aromatic carbocycles. The molecule has 7 nitrogen and oxygen atoms in total. The van der Waals surface area contributed by atoms with E-state index in [4.69, 9.17) is 51.1 Å². The second-order valence-electron chi connectivity index (χ2n) is 12.9. The van der Waals surface area contributed by atoms with E-state index < -0.39 is 0 Å². The highest BCUT2D eigenvalue weighted by Gasteiger charge is 2.41. The molecule has 1 aliphatic carbocycles. The number of aliphatic hydroxyl groups is 1. The van der Waals surface area contributed by atoms with Crippen molar-refractivity contribution in [1.82, 2.24) is 15.5 Å². The first kappa shape index (κ1) is 33.0. The van der Waals surface area contributed by atoms with Crippen molar-refractivity contribution in [1.29, 1.82) is 0 Å². The first-order valence-electron chi connectivity index (χ1n) is 16.3. The van der Waals surface area contributed by atoms with Crippen molar-refractivity contribution in [2.45, 2.75) is 62.9 Å². The number of piperazine rings is 1. The number of benzene rings is 3. The summed E-state index contributed by atoms with van der Waals surface area (Å²) in [7, 11) is 0. The van der Waals surface area contributed by atoms with Gasteiger partial charge in [-0.15, -0.1) is 0 Å². The molecule has 3 aromatic rings. The number of amides is 1. The summed E-state index contributed by atoms with van der Waals surface area (Å²) >= 11 is 25.9. The first-order chi connectivity index (χ1) is 22.8. The van der Waals surface area contributed by atoms with Crippen LogP contribution in [0, 0.1) is 0 Å². The maximum absolute atomic E-state index is 14.5. The molecule has 2 saturated heterocycles. The third-order valence-corrected chi connectivity index (χ3v) is 11.0. The van der Waals surface area contributed by atoms with Gasteiger partial charge in [-0.25, -0.2) is 0 Å². The minimum Gasteiger partial charge on any atom is -0.485 e. The molecule has 1 amide bonds. The zero-order valence-corrected chi connectivity index (χ0v) is 29.0. The van der Waals surface area contributed by atoms with Crippen molar-refractivity contribution in [3.8, 4) is 5.75 Å². The molecule has 4 aliphatic rings. The number of rotatable bonds is 10. The zero-order chi connectivity index (χ0) is 32.7. The van der Waals surface area contributed by atoms with E-state index in [2.05, 4.69) is 39.8 Å². The highest BCUT2D eigenvalue weighted by atomic mass is 35.5. The average molecular weight is 717 g/mol. The largest absolute Gasteiger partial charge is 0.485 e. The van der Waals surface area contributed by atoms with Gasteiger partial charge in [-0.2, -0.15) is 0 Å². The van der Waals surface area contributed by atoms with Gasteiger partial charge in [0.1, 0.15) is 6.10 Å². The fourth-order valence-electron chi connectivity index (χ4n) is 7.10. The number of aliphatic hydroxyl groups excluding tert-OH is 1. The van der Waals surface area contributed by atoms with Crippen LogP contribution in [0.3, 0.4) is 0 Å². The van der Waals surface area contributed by atoms with Gasteiger partial charge < -0.3 is 30.3 Å². The smallest absolute Gasteiger partial charge is 0.252 e. The Hall–Kier alpha value is -2.49. The number of halogens is 4. The molecule has 3 heterocycles. The van der Waals surface area contributed by atoms with Crippen LogP contribution in [-0.4, -0.2) is 72.9 Å². The summed E-state index contributed by atoms with van der Waals surface area (Å²) in [5, 5.41) is 18.4. The van der Waals surface area contributed by atoms with E-state index in [1.54, 1.807) is 18.2 Å². The number of hydrogen-bond acceptors (Lipinski definition) is 6. The molecule has 1 saturated carbocycles. The van der Waals surface area contributed by atoms with Crippen LogP contribution >= 0.6 is 46.4 Å². The quantitative estimate of drug-likeness (QED) is 0.215. The Bertz CT molecular complexity index is 1660. The van der Waals surface area contributed by atoms with Gasteiger partial charge in [0.15, 0.2) is 5.75 Å². The molecular formula is C36H38Cl4N4O3. The van der Waals surface area contributed by atoms with Crippen LogP contribution in [0.25, 0.3) is 5.57 Å². The van der Waals surface area contributed by atoms with E-state index in [-0.39, 0.29) is 36.7 Å². The number of nitrogens with one attached hydrogen (secondary N) is 2. The minimum atomic E-state index is -0.0615. The number of carbonyl (C=O) groups is 1. The SMILES string of the molecule is O=C(C1=C(c2ccc(N3CC[C@@H](Oc4c(Cl)cc(CCO)cc4Cl)C3)cc2)C[C@@H]2CNC[C@H]1N2)N(Cc1cccc(Cl)c1Cl)C1CC1. The van der Waals surface area contributed by atoms with Crippen LogP contribution in [0.2, 0.25) is 20.1 Å². The first-order valence-corrected chi connectivity index (χ1v) is 17.8. The van der Waals surface area contributed by atoms with Gasteiger partial charge >= 0.3 is 0 Å². The van der Waals surface area contributed by atoms with Gasteiger partial charge in [0, 0.05) is 62.6 Å². The lowest BCUT2D eigenvalue weighted by atomic mass is 9.83. The molecule has 3 fully saturated rings. The number of carbonyl (C=O) groups excluding carboxylic acids is 1. The van der Waals surface area contributed by atoms with E-state index in [1.165, 1.54) is 0 Å². The second kappa shape index (κ2) is 14.2. The Labute approximate surface area is 295 Å². The Morgan fingerprint density at radius 3 is 2.47 bits per heavy atom. The van der Waals surface area contributed by atoms with Crippen molar-refractivity contribution in [2.75, 3.05) is 37.7 Å². The summed E-state index contributed by atoms with van der Waals surface area (Å²) in [5.41, 5.74) is 5.90. The van der Waals surface area contributed by atoms with Crippen LogP contribution in [0.15, 0.2) is 60.2 Å². The fraction of sp³-hybridized carbons (Fsp3) is 0.417. The molecule has 7 rings (SSSR count). The number of fused-ring (bicyclic) bond motifs is 2. The third-order valence-electron chi connectivity index (χ3n) is 9.62. The van der Waals surface area contributed by atoms with E-state index in [1.807, 2.05) is 17.0 Å². The Morgan fingerprint density at radius 1 is 0.979 bits per heavy atom. The van der Waals surface area contributed by atoms with Gasteiger partial charge in [-0.3, -0.25) is 4.79 Å². The van der Waals surface area contributed by atoms with Crippen molar-refractivity contribution in [2.24, 2.45) is 0 Å². The second-order valence-corrected chi connectivity index (χ2v) is 14.5. The van der Waals surface area contributed by atoms with E-state index in [9.17, 15) is 9.90 Å². The molecule has 248 valence electrons. The summed E-state index contributed by atoms with van der Waals surface area (Å²) < 4.78 is 6.28. The topological polar surface area (TPSA) is 77.1 Å². The van der Waals surface area contributed by atoms with E-state index in [0.717, 1.165) is 72.3 Å². The fourth-order valence-corrected chi connectivity index (χ4v) is 8.10. The predicted octanol–water partition coefficient (Wildman–Crippen LogP) is 6.77. The van der Waals surface area contributed by atoms with Gasteiger partial charge in [-0.1, -0.05) is 70.7 Å². The normalized spacial score (nSPS) is 22.5. The van der Waals surface area contributed by atoms with E-state index in [0.29, 0.717) is 51.9 Å². The van der Waals surface area contributed by atoms with Gasteiger partial charge in [-0.05, 0) is 78.3 Å². The van der Waals surface area contributed by atoms with Crippen molar-refractivity contribution in [3.05, 3.63) is 97.0 Å². The number of nitrogens with zero attached hydrogens (tertiary/aromatic N) is 2. The highest BCUT2D eigenvalue weighted by Crippen LogP contribution is 2.39. The van der Waals surface area contributed by atoms with Gasteiger partial charge in [0.25, 0.3) is 5.91 Å². The lowest BCUT2D eigenvalue weighted by Gasteiger charge is -2.41. The molecule has 11 heteroatoms. The molecule has 0 spiro atoms. The predicted molar refractivity (Wildman–Crippen MR) is 190 cm³/mol. The Morgan fingerprint density at radius 2 is 1.74 bits per heavy atom. The van der Waals surface area contributed by atoms with Crippen LogP contribution in [0.4, 0.5) is 5.69 Å². The molecule has 3 atom stereocenters. The molecule has 0 radical (unpaired) electrons. The van der Waals surface area contributed by atoms with Crippen LogP contribution in [0.1, 0.15) is 42.4 Å². The summed E-state index contributed by atoms with van der Waals surface area (Å²) in [6.07, 6.45) is 4.04. The van der Waals surface area contributed by atoms with Crippen LogP contribution in [0.5, 0.6) is 5.75 Å². The Balaban J connectivity index is 1.11. The third kappa shape index (κ3) is 7.13. The molecular weight excluding hydrogens is 678 g/mol. The molecule has 0 unspecified atom stereocenters.